The van der Waals surface area contributed by atoms with E-state index in [2.05, 4.69) is 15.3 Å². The molecule has 4 rings (SSSR count). The highest BCUT2D eigenvalue weighted by molar-refractivity contribution is 5.85. The highest BCUT2D eigenvalue weighted by Crippen LogP contribution is 2.34. The maximum atomic E-state index is 12.8. The van der Waals surface area contributed by atoms with Crippen LogP contribution in [-0.4, -0.2) is 59.0 Å². The molecule has 144 valence electrons. The molecular formula is C16H21ClF3N5O. The molecule has 3 aliphatic rings. The zero-order chi connectivity index (χ0) is 17.6. The molecule has 3 saturated heterocycles. The Balaban J connectivity index is 0.00000196. The van der Waals surface area contributed by atoms with Crippen molar-refractivity contribution in [2.24, 2.45) is 5.92 Å². The SMILES string of the molecule is Cl.O=C([C@H]1CCNC1)N1C2CCC1CN(c1ncc(C(F)(F)F)cn1)C2. The van der Waals surface area contributed by atoms with Gasteiger partial charge in [0.15, 0.2) is 0 Å². The molecular weight excluding hydrogens is 371 g/mol. The quantitative estimate of drug-likeness (QED) is 0.831. The molecule has 3 aliphatic heterocycles. The standard InChI is InChI=1S/C16H20F3N5O.ClH/c17-16(18,19)11-6-21-15(22-7-11)23-8-12-1-2-13(9-23)24(12)14(25)10-3-4-20-5-10;/h6-7,10,12-13,20H,1-5,8-9H2;1H/t10-,12?,13?;/m0./s1. The minimum atomic E-state index is -4.43. The summed E-state index contributed by atoms with van der Waals surface area (Å²) in [5, 5.41) is 3.22. The van der Waals surface area contributed by atoms with Gasteiger partial charge in [-0.25, -0.2) is 9.97 Å². The van der Waals surface area contributed by atoms with Gasteiger partial charge in [0.2, 0.25) is 11.9 Å². The normalized spacial score (nSPS) is 28.2. The van der Waals surface area contributed by atoms with E-state index in [4.69, 9.17) is 0 Å². The van der Waals surface area contributed by atoms with Gasteiger partial charge in [0, 0.05) is 44.1 Å². The van der Waals surface area contributed by atoms with Crippen LogP contribution >= 0.6 is 12.4 Å². The van der Waals surface area contributed by atoms with E-state index in [0.29, 0.717) is 19.0 Å². The van der Waals surface area contributed by atoms with E-state index in [1.165, 1.54) is 0 Å². The third kappa shape index (κ3) is 3.46. The average Bonchev–Trinajstić information content (AvgIpc) is 3.20. The van der Waals surface area contributed by atoms with Crippen molar-refractivity contribution in [2.45, 2.75) is 37.5 Å². The fourth-order valence-electron chi connectivity index (χ4n) is 4.13. The largest absolute Gasteiger partial charge is 0.419 e. The van der Waals surface area contributed by atoms with Gasteiger partial charge >= 0.3 is 6.18 Å². The van der Waals surface area contributed by atoms with Gasteiger partial charge in [0.05, 0.1) is 11.5 Å². The van der Waals surface area contributed by atoms with Crippen LogP contribution in [0.1, 0.15) is 24.8 Å². The second-order valence-corrected chi connectivity index (χ2v) is 6.99. The summed E-state index contributed by atoms with van der Waals surface area (Å²) in [6.45, 7) is 2.77. The number of halogens is 4. The Kier molecular flexibility index (Phi) is 5.30. The third-order valence-electron chi connectivity index (χ3n) is 5.39. The van der Waals surface area contributed by atoms with Crippen molar-refractivity contribution < 1.29 is 18.0 Å². The summed E-state index contributed by atoms with van der Waals surface area (Å²) >= 11 is 0. The van der Waals surface area contributed by atoms with Crippen molar-refractivity contribution in [2.75, 3.05) is 31.1 Å². The second kappa shape index (κ2) is 7.19. The number of carbonyl (C=O) groups is 1. The second-order valence-electron chi connectivity index (χ2n) is 6.99. The predicted octanol–water partition coefficient (Wildman–Crippen LogP) is 1.71. The summed E-state index contributed by atoms with van der Waals surface area (Å²) in [6.07, 6.45) is -0.0577. The van der Waals surface area contributed by atoms with E-state index in [1.54, 1.807) is 0 Å². The molecule has 1 aromatic rings. The number of piperazine rings is 1. The van der Waals surface area contributed by atoms with Gasteiger partial charge in [0.1, 0.15) is 0 Å². The molecule has 0 aliphatic carbocycles. The minimum Gasteiger partial charge on any atom is -0.337 e. The van der Waals surface area contributed by atoms with Crippen LogP contribution in [0.25, 0.3) is 0 Å². The van der Waals surface area contributed by atoms with Crippen LogP contribution < -0.4 is 10.2 Å². The fourth-order valence-corrected chi connectivity index (χ4v) is 4.13. The van der Waals surface area contributed by atoms with E-state index in [9.17, 15) is 18.0 Å². The Bertz CT molecular complexity index is 636. The van der Waals surface area contributed by atoms with Crippen LogP contribution in [0, 0.1) is 5.92 Å². The van der Waals surface area contributed by atoms with Crippen molar-refractivity contribution in [1.82, 2.24) is 20.2 Å². The molecule has 1 N–H and O–H groups in total. The maximum Gasteiger partial charge on any atom is 0.419 e. The number of rotatable bonds is 2. The molecule has 0 aromatic carbocycles. The average molecular weight is 392 g/mol. The van der Waals surface area contributed by atoms with E-state index in [1.807, 2.05) is 9.80 Å². The van der Waals surface area contributed by atoms with Gasteiger partial charge in [-0.05, 0) is 25.8 Å². The van der Waals surface area contributed by atoms with Crippen LogP contribution in [0.5, 0.6) is 0 Å². The topological polar surface area (TPSA) is 61.4 Å². The Morgan fingerprint density at radius 2 is 1.73 bits per heavy atom. The first-order valence-corrected chi connectivity index (χ1v) is 8.60. The van der Waals surface area contributed by atoms with Crippen LogP contribution in [0.15, 0.2) is 12.4 Å². The van der Waals surface area contributed by atoms with Crippen LogP contribution in [0.3, 0.4) is 0 Å². The van der Waals surface area contributed by atoms with Crippen molar-refractivity contribution in [3.63, 3.8) is 0 Å². The summed E-state index contributed by atoms with van der Waals surface area (Å²) in [7, 11) is 0. The van der Waals surface area contributed by atoms with Crippen LogP contribution in [0.2, 0.25) is 0 Å². The molecule has 0 saturated carbocycles. The Morgan fingerprint density at radius 3 is 2.23 bits per heavy atom. The number of carbonyl (C=O) groups excluding carboxylic acids is 1. The Morgan fingerprint density at radius 1 is 1.12 bits per heavy atom. The smallest absolute Gasteiger partial charge is 0.337 e. The lowest BCUT2D eigenvalue weighted by molar-refractivity contribution is -0.139. The van der Waals surface area contributed by atoms with Gasteiger partial charge in [-0.15, -0.1) is 12.4 Å². The van der Waals surface area contributed by atoms with Crippen molar-refractivity contribution in [1.29, 1.82) is 0 Å². The van der Waals surface area contributed by atoms with Crippen LogP contribution in [0.4, 0.5) is 19.1 Å². The molecule has 2 unspecified atom stereocenters. The number of hydrogen-bond donors (Lipinski definition) is 1. The molecule has 26 heavy (non-hydrogen) atoms. The zero-order valence-electron chi connectivity index (χ0n) is 14.1. The summed E-state index contributed by atoms with van der Waals surface area (Å²) in [6, 6.07) is 0.190. The number of fused-ring (bicyclic) bond motifs is 2. The molecule has 0 spiro atoms. The van der Waals surface area contributed by atoms with E-state index in [0.717, 1.165) is 44.7 Å². The lowest BCUT2D eigenvalue weighted by Crippen LogP contribution is -2.57. The first kappa shape index (κ1) is 19.2. The van der Waals surface area contributed by atoms with Gasteiger partial charge in [-0.2, -0.15) is 13.2 Å². The highest BCUT2D eigenvalue weighted by Gasteiger charge is 2.45. The number of aromatic nitrogens is 2. The van der Waals surface area contributed by atoms with Gasteiger partial charge in [-0.1, -0.05) is 0 Å². The molecule has 4 heterocycles. The number of anilines is 1. The lowest BCUT2D eigenvalue weighted by Gasteiger charge is -2.42. The van der Waals surface area contributed by atoms with Crippen molar-refractivity contribution in [3.05, 3.63) is 18.0 Å². The molecule has 1 aromatic heterocycles. The lowest BCUT2D eigenvalue weighted by atomic mass is 10.0. The van der Waals surface area contributed by atoms with Gasteiger partial charge in [0.25, 0.3) is 0 Å². The third-order valence-corrected chi connectivity index (χ3v) is 5.39. The highest BCUT2D eigenvalue weighted by atomic mass is 35.5. The van der Waals surface area contributed by atoms with Crippen molar-refractivity contribution >= 4 is 24.3 Å². The van der Waals surface area contributed by atoms with E-state index in [-0.39, 0.29) is 36.3 Å². The maximum absolute atomic E-state index is 12.8. The number of nitrogens with zero attached hydrogens (tertiary/aromatic N) is 4. The first-order valence-electron chi connectivity index (χ1n) is 8.60. The Hall–Kier alpha value is -1.61. The Labute approximate surface area is 155 Å². The molecule has 0 radical (unpaired) electrons. The predicted molar refractivity (Wildman–Crippen MR) is 91.1 cm³/mol. The molecule has 3 fully saturated rings. The van der Waals surface area contributed by atoms with Crippen molar-refractivity contribution in [3.8, 4) is 0 Å². The summed E-state index contributed by atoms with van der Waals surface area (Å²) in [4.78, 5) is 24.5. The van der Waals surface area contributed by atoms with Gasteiger partial charge in [-0.3, -0.25) is 4.79 Å². The number of alkyl halides is 3. The van der Waals surface area contributed by atoms with Gasteiger partial charge < -0.3 is 15.1 Å². The summed E-state index contributed by atoms with van der Waals surface area (Å²) in [5.74, 6) is 0.571. The molecule has 3 atom stereocenters. The number of nitrogens with one attached hydrogen (secondary N) is 1. The van der Waals surface area contributed by atoms with Crippen LogP contribution in [-0.2, 0) is 11.0 Å². The monoisotopic (exact) mass is 391 g/mol. The molecule has 6 nitrogen and oxygen atoms in total. The zero-order valence-corrected chi connectivity index (χ0v) is 14.9. The minimum absolute atomic E-state index is 0. The van der Waals surface area contributed by atoms with E-state index < -0.39 is 11.7 Å². The molecule has 1 amide bonds. The summed E-state index contributed by atoms with van der Waals surface area (Å²) in [5.41, 5.74) is -0.846. The fraction of sp³-hybridized carbons (Fsp3) is 0.688. The van der Waals surface area contributed by atoms with E-state index >= 15 is 0 Å². The number of amides is 1. The summed E-state index contributed by atoms with van der Waals surface area (Å²) < 4.78 is 37.9. The number of hydrogen-bond acceptors (Lipinski definition) is 5. The first-order chi connectivity index (χ1) is 11.9. The molecule has 2 bridgehead atoms. The molecule has 10 heteroatoms.